The lowest BCUT2D eigenvalue weighted by molar-refractivity contribution is 0.0183. The summed E-state index contributed by atoms with van der Waals surface area (Å²) >= 11 is 0. The molecule has 0 saturated carbocycles. The Bertz CT molecular complexity index is 513. The molecule has 0 bridgehead atoms. The van der Waals surface area contributed by atoms with Crippen LogP contribution in [0.2, 0.25) is 0 Å². The number of carbonyl (C=O) groups excluding carboxylic acids is 1. The fraction of sp³-hybridized carbons (Fsp3) is 0.765. The van der Waals surface area contributed by atoms with Gasteiger partial charge in [0, 0.05) is 32.5 Å². The topological polar surface area (TPSA) is 59.4 Å². The number of amides is 1. The number of likely N-dealkylation sites (tertiary alicyclic amines) is 1. The molecule has 1 N–H and O–H groups in total. The number of aryl methyl sites for hydroxylation is 1. The third-order valence-corrected chi connectivity index (χ3v) is 4.22. The van der Waals surface area contributed by atoms with Crippen LogP contribution in [0.1, 0.15) is 52.4 Å². The van der Waals surface area contributed by atoms with Gasteiger partial charge in [0.1, 0.15) is 11.4 Å². The Balaban J connectivity index is 1.73. The van der Waals surface area contributed by atoms with Crippen molar-refractivity contribution in [2.75, 3.05) is 19.6 Å². The average Bonchev–Trinajstić information content (AvgIpc) is 2.90. The summed E-state index contributed by atoms with van der Waals surface area (Å²) in [5.41, 5.74) is -0.424. The van der Waals surface area contributed by atoms with Crippen molar-refractivity contribution in [2.45, 2.75) is 52.2 Å². The minimum Gasteiger partial charge on any atom is -0.444 e. The predicted octanol–water partition coefficient (Wildman–Crippen LogP) is 2.72. The molecular formula is C17H30N4O2. The standard InChI is InChI=1S/C17H30N4O2/c1-13(15-18-8-11-20(15)5)19-12-14-6-9-21(10-7-14)16(22)23-17(2,3)4/h8,11,13-14,19H,6-7,9-10,12H2,1-5H3. The Morgan fingerprint density at radius 2 is 2.09 bits per heavy atom. The van der Waals surface area contributed by atoms with E-state index >= 15 is 0 Å². The molecule has 1 aliphatic rings. The van der Waals surface area contributed by atoms with E-state index in [4.69, 9.17) is 4.74 Å². The quantitative estimate of drug-likeness (QED) is 0.926. The average molecular weight is 322 g/mol. The van der Waals surface area contributed by atoms with Crippen LogP contribution in [0.25, 0.3) is 0 Å². The van der Waals surface area contributed by atoms with Crippen molar-refractivity contribution in [3.8, 4) is 0 Å². The molecule has 6 heteroatoms. The number of imidazole rings is 1. The van der Waals surface area contributed by atoms with E-state index in [-0.39, 0.29) is 12.1 Å². The molecular weight excluding hydrogens is 292 g/mol. The van der Waals surface area contributed by atoms with Gasteiger partial charge in [-0.1, -0.05) is 0 Å². The van der Waals surface area contributed by atoms with Crippen LogP contribution in [0.15, 0.2) is 12.4 Å². The molecule has 1 saturated heterocycles. The van der Waals surface area contributed by atoms with Gasteiger partial charge in [-0.2, -0.15) is 0 Å². The number of rotatable bonds is 4. The maximum Gasteiger partial charge on any atom is 0.410 e. The Morgan fingerprint density at radius 1 is 1.43 bits per heavy atom. The van der Waals surface area contributed by atoms with Crippen LogP contribution in [0, 0.1) is 5.92 Å². The molecule has 0 radical (unpaired) electrons. The number of hydrogen-bond donors (Lipinski definition) is 1. The Morgan fingerprint density at radius 3 is 2.61 bits per heavy atom. The third-order valence-electron chi connectivity index (χ3n) is 4.22. The fourth-order valence-corrected chi connectivity index (χ4v) is 2.88. The van der Waals surface area contributed by atoms with Gasteiger partial charge in [-0.3, -0.25) is 0 Å². The third kappa shape index (κ3) is 5.23. The summed E-state index contributed by atoms with van der Waals surface area (Å²) in [6.07, 6.45) is 5.63. The minimum atomic E-state index is -0.424. The number of nitrogens with one attached hydrogen (secondary N) is 1. The first-order chi connectivity index (χ1) is 10.8. The molecule has 1 atom stereocenters. The summed E-state index contributed by atoms with van der Waals surface area (Å²) in [5, 5.41) is 3.56. The van der Waals surface area contributed by atoms with Crippen LogP contribution in [0.3, 0.4) is 0 Å². The lowest BCUT2D eigenvalue weighted by Gasteiger charge is -2.33. The van der Waals surface area contributed by atoms with E-state index in [9.17, 15) is 4.79 Å². The van der Waals surface area contributed by atoms with Gasteiger partial charge in [-0.05, 0) is 53.0 Å². The Labute approximate surface area is 139 Å². The molecule has 1 aliphatic heterocycles. The molecule has 0 spiro atoms. The number of aromatic nitrogens is 2. The second-order valence-corrected chi connectivity index (χ2v) is 7.44. The van der Waals surface area contributed by atoms with Gasteiger partial charge in [0.15, 0.2) is 0 Å². The van der Waals surface area contributed by atoms with Crippen molar-refractivity contribution in [2.24, 2.45) is 13.0 Å². The zero-order chi connectivity index (χ0) is 17.0. The summed E-state index contributed by atoms with van der Waals surface area (Å²) in [5.74, 6) is 1.65. The largest absolute Gasteiger partial charge is 0.444 e. The second-order valence-electron chi connectivity index (χ2n) is 7.44. The summed E-state index contributed by atoms with van der Waals surface area (Å²) in [7, 11) is 2.01. The van der Waals surface area contributed by atoms with Crippen LogP contribution in [0.4, 0.5) is 4.79 Å². The minimum absolute atomic E-state index is 0.190. The van der Waals surface area contributed by atoms with E-state index in [2.05, 4.69) is 17.2 Å². The van der Waals surface area contributed by atoms with Gasteiger partial charge in [-0.15, -0.1) is 0 Å². The highest BCUT2D eigenvalue weighted by atomic mass is 16.6. The smallest absolute Gasteiger partial charge is 0.410 e. The molecule has 1 unspecified atom stereocenters. The number of ether oxygens (including phenoxy) is 1. The number of carbonyl (C=O) groups is 1. The van der Waals surface area contributed by atoms with E-state index in [1.54, 1.807) is 0 Å². The molecule has 6 nitrogen and oxygen atoms in total. The molecule has 2 rings (SSSR count). The van der Waals surface area contributed by atoms with Crippen molar-refractivity contribution >= 4 is 6.09 Å². The van der Waals surface area contributed by atoms with Gasteiger partial charge in [0.05, 0.1) is 6.04 Å². The molecule has 2 heterocycles. The molecule has 130 valence electrons. The lowest BCUT2D eigenvalue weighted by Crippen LogP contribution is -2.43. The van der Waals surface area contributed by atoms with Crippen LogP contribution >= 0.6 is 0 Å². The number of hydrogen-bond acceptors (Lipinski definition) is 4. The Hall–Kier alpha value is -1.56. The molecule has 0 aromatic carbocycles. The van der Waals surface area contributed by atoms with Crippen LogP contribution in [-0.2, 0) is 11.8 Å². The van der Waals surface area contributed by atoms with E-state index in [0.717, 1.165) is 38.3 Å². The molecule has 0 aliphatic carbocycles. The summed E-state index contributed by atoms with van der Waals surface area (Å²) < 4.78 is 7.48. The predicted molar refractivity (Wildman–Crippen MR) is 90.2 cm³/mol. The van der Waals surface area contributed by atoms with Crippen molar-refractivity contribution in [3.63, 3.8) is 0 Å². The SMILES string of the molecule is CC(NCC1CCN(C(=O)OC(C)(C)C)CC1)c1nccn1C. The van der Waals surface area contributed by atoms with Crippen LogP contribution in [0.5, 0.6) is 0 Å². The highest BCUT2D eigenvalue weighted by Gasteiger charge is 2.27. The van der Waals surface area contributed by atoms with Gasteiger partial charge in [0.2, 0.25) is 0 Å². The van der Waals surface area contributed by atoms with E-state index in [1.807, 2.05) is 49.7 Å². The van der Waals surface area contributed by atoms with E-state index in [1.165, 1.54) is 0 Å². The molecule has 23 heavy (non-hydrogen) atoms. The normalized spacial score (nSPS) is 18.0. The second kappa shape index (κ2) is 7.34. The van der Waals surface area contributed by atoms with Gasteiger partial charge in [-0.25, -0.2) is 9.78 Å². The highest BCUT2D eigenvalue weighted by molar-refractivity contribution is 5.68. The van der Waals surface area contributed by atoms with Gasteiger partial charge < -0.3 is 19.5 Å². The first-order valence-corrected chi connectivity index (χ1v) is 8.45. The summed E-state index contributed by atoms with van der Waals surface area (Å²) in [6.45, 7) is 10.4. The van der Waals surface area contributed by atoms with Crippen molar-refractivity contribution in [3.05, 3.63) is 18.2 Å². The molecule has 1 amide bonds. The van der Waals surface area contributed by atoms with E-state index in [0.29, 0.717) is 5.92 Å². The van der Waals surface area contributed by atoms with Crippen molar-refractivity contribution in [1.29, 1.82) is 0 Å². The van der Waals surface area contributed by atoms with Gasteiger partial charge >= 0.3 is 6.09 Å². The monoisotopic (exact) mass is 322 g/mol. The van der Waals surface area contributed by atoms with Crippen molar-refractivity contribution < 1.29 is 9.53 Å². The zero-order valence-corrected chi connectivity index (χ0v) is 15.0. The number of nitrogens with zero attached hydrogens (tertiary/aromatic N) is 3. The Kier molecular flexibility index (Phi) is 5.68. The molecule has 1 aromatic rings. The van der Waals surface area contributed by atoms with Crippen molar-refractivity contribution in [1.82, 2.24) is 19.8 Å². The maximum absolute atomic E-state index is 12.1. The highest BCUT2D eigenvalue weighted by Crippen LogP contribution is 2.20. The maximum atomic E-state index is 12.1. The van der Waals surface area contributed by atoms with E-state index < -0.39 is 5.60 Å². The number of piperidine rings is 1. The first-order valence-electron chi connectivity index (χ1n) is 8.45. The van der Waals surface area contributed by atoms with Crippen LogP contribution < -0.4 is 5.32 Å². The lowest BCUT2D eigenvalue weighted by atomic mass is 9.97. The zero-order valence-electron chi connectivity index (χ0n) is 15.0. The summed E-state index contributed by atoms with van der Waals surface area (Å²) in [6, 6.07) is 0.235. The summed E-state index contributed by atoms with van der Waals surface area (Å²) in [4.78, 5) is 18.3. The first kappa shape index (κ1) is 17.8. The molecule has 1 fully saturated rings. The molecule has 1 aromatic heterocycles. The van der Waals surface area contributed by atoms with Gasteiger partial charge in [0.25, 0.3) is 0 Å². The fourth-order valence-electron chi connectivity index (χ4n) is 2.88. The van der Waals surface area contributed by atoms with Crippen LogP contribution in [-0.4, -0.2) is 45.8 Å².